The Kier molecular flexibility index (Phi) is 8.22. The maximum atomic E-state index is 13.5. The van der Waals surface area contributed by atoms with Crippen LogP contribution >= 0.6 is 11.6 Å². The maximum Gasteiger partial charge on any atom is 0.242 e. The van der Waals surface area contributed by atoms with Gasteiger partial charge in [0.2, 0.25) is 17.7 Å². The van der Waals surface area contributed by atoms with Gasteiger partial charge in [0, 0.05) is 32.7 Å². The zero-order valence-corrected chi connectivity index (χ0v) is 22.7. The summed E-state index contributed by atoms with van der Waals surface area (Å²) in [6.45, 7) is 3.48. The highest BCUT2D eigenvalue weighted by atomic mass is 35.5. The number of benzene rings is 1. The summed E-state index contributed by atoms with van der Waals surface area (Å²) < 4.78 is 5.18. The molecular formula is C28H36ClN5O4. The normalized spacial score (nSPS) is 26.3. The van der Waals surface area contributed by atoms with Crippen molar-refractivity contribution in [3.8, 4) is 6.07 Å². The molecule has 3 saturated heterocycles. The number of likely N-dealkylation sites (N-methyl/N-ethyl adjacent to an activating group) is 1. The molecule has 0 radical (unpaired) electrons. The van der Waals surface area contributed by atoms with Gasteiger partial charge in [-0.05, 0) is 61.6 Å². The number of piperidine rings is 1. The summed E-state index contributed by atoms with van der Waals surface area (Å²) in [5.74, 6) is 1.11. The van der Waals surface area contributed by atoms with Gasteiger partial charge in [-0.2, -0.15) is 5.26 Å². The molecule has 3 unspecified atom stereocenters. The number of carbonyl (C=O) groups excluding carboxylic acids is 3. The maximum absolute atomic E-state index is 13.5. The van der Waals surface area contributed by atoms with Gasteiger partial charge in [0.15, 0.2) is 0 Å². The van der Waals surface area contributed by atoms with E-state index in [2.05, 4.69) is 5.32 Å². The summed E-state index contributed by atoms with van der Waals surface area (Å²) in [5, 5.41) is 12.9. The van der Waals surface area contributed by atoms with Gasteiger partial charge in [0.25, 0.3) is 0 Å². The van der Waals surface area contributed by atoms with E-state index in [-0.39, 0.29) is 42.1 Å². The molecule has 0 bridgehead atoms. The van der Waals surface area contributed by atoms with Crippen LogP contribution in [0, 0.1) is 35.0 Å². The number of amides is 3. The number of rotatable bonds is 6. The Morgan fingerprint density at radius 2 is 1.95 bits per heavy atom. The third-order valence-electron chi connectivity index (χ3n) is 8.89. The molecule has 204 valence electrons. The third kappa shape index (κ3) is 5.68. The second-order valence-corrected chi connectivity index (χ2v) is 11.7. The van der Waals surface area contributed by atoms with Crippen LogP contribution in [-0.2, 0) is 25.7 Å². The van der Waals surface area contributed by atoms with Crippen LogP contribution in [0.25, 0.3) is 0 Å². The van der Waals surface area contributed by atoms with Gasteiger partial charge in [-0.15, -0.1) is 0 Å². The summed E-state index contributed by atoms with van der Waals surface area (Å²) in [6.07, 6.45) is 4.91. The molecule has 5 rings (SSSR count). The largest absolute Gasteiger partial charge is 0.380 e. The lowest BCUT2D eigenvalue weighted by molar-refractivity contribution is -0.152. The number of hydrogen-bond donors (Lipinski definition) is 1. The molecule has 38 heavy (non-hydrogen) atoms. The predicted octanol–water partition coefficient (Wildman–Crippen LogP) is 2.23. The van der Waals surface area contributed by atoms with Crippen LogP contribution in [0.2, 0.25) is 5.02 Å². The van der Waals surface area contributed by atoms with E-state index in [9.17, 15) is 14.4 Å². The summed E-state index contributed by atoms with van der Waals surface area (Å²) in [4.78, 5) is 44.2. The first kappa shape index (κ1) is 26.9. The fourth-order valence-electron chi connectivity index (χ4n) is 6.44. The van der Waals surface area contributed by atoms with Gasteiger partial charge < -0.3 is 19.4 Å². The molecule has 4 fully saturated rings. The Morgan fingerprint density at radius 1 is 1.18 bits per heavy atom. The van der Waals surface area contributed by atoms with Crippen molar-refractivity contribution in [1.82, 2.24) is 20.0 Å². The van der Waals surface area contributed by atoms with Crippen molar-refractivity contribution in [3.63, 3.8) is 0 Å². The van der Waals surface area contributed by atoms with Gasteiger partial charge in [0.1, 0.15) is 12.6 Å². The molecule has 1 N–H and O–H groups in total. The SMILES string of the molecule is CN(Cc1ccc(C#N)c(Cl)c1)C(=O)CN1CNC2CCC(C3CCN(C(=O)C4COC4)CC3)CC2C1=O. The molecule has 1 aliphatic carbocycles. The minimum atomic E-state index is -0.139. The number of likely N-dealkylation sites (tertiary alicyclic amines) is 1. The second-order valence-electron chi connectivity index (χ2n) is 11.3. The van der Waals surface area contributed by atoms with E-state index in [1.54, 1.807) is 35.0 Å². The highest BCUT2D eigenvalue weighted by Crippen LogP contribution is 2.40. The van der Waals surface area contributed by atoms with Crippen LogP contribution in [0.5, 0.6) is 0 Å². The monoisotopic (exact) mass is 541 g/mol. The number of nitrogens with zero attached hydrogens (tertiary/aromatic N) is 4. The van der Waals surface area contributed by atoms with E-state index < -0.39 is 0 Å². The second kappa shape index (κ2) is 11.6. The minimum Gasteiger partial charge on any atom is -0.380 e. The van der Waals surface area contributed by atoms with Crippen LogP contribution in [0.15, 0.2) is 18.2 Å². The van der Waals surface area contributed by atoms with Crippen molar-refractivity contribution in [2.45, 2.75) is 44.7 Å². The Bertz CT molecular complexity index is 1110. The first-order chi connectivity index (χ1) is 18.3. The van der Waals surface area contributed by atoms with Crippen LogP contribution < -0.4 is 5.32 Å². The Hall–Kier alpha value is -2.67. The van der Waals surface area contributed by atoms with Crippen molar-refractivity contribution < 1.29 is 19.1 Å². The van der Waals surface area contributed by atoms with Gasteiger partial charge >= 0.3 is 0 Å². The highest BCUT2D eigenvalue weighted by Gasteiger charge is 2.43. The summed E-state index contributed by atoms with van der Waals surface area (Å²) in [6, 6.07) is 7.35. The van der Waals surface area contributed by atoms with Crippen molar-refractivity contribution in [3.05, 3.63) is 34.3 Å². The molecule has 0 spiro atoms. The summed E-state index contributed by atoms with van der Waals surface area (Å²) in [7, 11) is 1.71. The van der Waals surface area contributed by atoms with Gasteiger partial charge in [-0.3, -0.25) is 19.7 Å². The van der Waals surface area contributed by atoms with Crippen LogP contribution in [0.4, 0.5) is 0 Å². The first-order valence-corrected chi connectivity index (χ1v) is 14.0. The number of nitrogens with one attached hydrogen (secondary N) is 1. The molecule has 10 heteroatoms. The number of hydrogen-bond acceptors (Lipinski definition) is 6. The van der Waals surface area contributed by atoms with E-state index in [4.69, 9.17) is 21.6 Å². The Morgan fingerprint density at radius 3 is 2.61 bits per heavy atom. The van der Waals surface area contributed by atoms with Gasteiger partial charge in [-0.1, -0.05) is 17.7 Å². The van der Waals surface area contributed by atoms with Crippen molar-refractivity contribution in [2.75, 3.05) is 46.6 Å². The summed E-state index contributed by atoms with van der Waals surface area (Å²) in [5.41, 5.74) is 1.23. The molecule has 9 nitrogen and oxygen atoms in total. The molecular weight excluding hydrogens is 506 g/mol. The quantitative estimate of drug-likeness (QED) is 0.592. The number of ether oxygens (including phenoxy) is 1. The van der Waals surface area contributed by atoms with Crippen molar-refractivity contribution in [2.24, 2.45) is 23.7 Å². The average molecular weight is 542 g/mol. The molecule has 1 aromatic rings. The van der Waals surface area contributed by atoms with Crippen LogP contribution in [-0.4, -0.2) is 85.0 Å². The minimum absolute atomic E-state index is 0.0333. The standard InChI is InChI=1S/C28H36ClN5O4/c1-32(13-18-2-3-21(12-30)24(29)10-18)26(35)14-34-17-31-25-5-4-20(11-23(25)28(34)37)19-6-8-33(9-7-19)27(36)22-15-38-16-22/h2-3,10,19-20,22-23,25,31H,4-9,11,13-17H2,1H3. The predicted molar refractivity (Wildman–Crippen MR) is 141 cm³/mol. The lowest BCUT2D eigenvalue weighted by Gasteiger charge is -2.46. The zero-order valence-electron chi connectivity index (χ0n) is 21.9. The molecule has 3 amide bonds. The number of carbonyl (C=O) groups is 3. The van der Waals surface area contributed by atoms with E-state index in [1.807, 2.05) is 11.0 Å². The average Bonchev–Trinajstić information content (AvgIpc) is 2.89. The zero-order chi connectivity index (χ0) is 26.8. The van der Waals surface area contributed by atoms with Crippen molar-refractivity contribution in [1.29, 1.82) is 5.26 Å². The smallest absolute Gasteiger partial charge is 0.242 e. The molecule has 4 aliphatic rings. The molecule has 3 aliphatic heterocycles. The highest BCUT2D eigenvalue weighted by molar-refractivity contribution is 6.31. The Balaban J connectivity index is 1.12. The fraction of sp³-hybridized carbons (Fsp3) is 0.643. The van der Waals surface area contributed by atoms with E-state index >= 15 is 0 Å². The van der Waals surface area contributed by atoms with E-state index in [0.717, 1.165) is 50.8 Å². The molecule has 3 heterocycles. The molecule has 3 atom stereocenters. The number of fused-ring (bicyclic) bond motifs is 1. The molecule has 1 aromatic carbocycles. The lowest BCUT2D eigenvalue weighted by Crippen LogP contribution is -2.60. The lowest BCUT2D eigenvalue weighted by atomic mass is 9.69. The Labute approximate surface area is 229 Å². The van der Waals surface area contributed by atoms with E-state index in [0.29, 0.717) is 48.8 Å². The topological polar surface area (TPSA) is 106 Å². The first-order valence-electron chi connectivity index (χ1n) is 13.6. The van der Waals surface area contributed by atoms with Crippen LogP contribution in [0.3, 0.4) is 0 Å². The van der Waals surface area contributed by atoms with Gasteiger partial charge in [-0.25, -0.2) is 0 Å². The van der Waals surface area contributed by atoms with Gasteiger partial charge in [0.05, 0.1) is 42.3 Å². The number of halogens is 1. The molecule has 1 saturated carbocycles. The van der Waals surface area contributed by atoms with E-state index in [1.165, 1.54) is 0 Å². The van der Waals surface area contributed by atoms with Crippen LogP contribution in [0.1, 0.15) is 43.2 Å². The third-order valence-corrected chi connectivity index (χ3v) is 9.21. The summed E-state index contributed by atoms with van der Waals surface area (Å²) >= 11 is 6.13. The van der Waals surface area contributed by atoms with Crippen molar-refractivity contribution >= 4 is 29.3 Å². The molecule has 0 aromatic heterocycles. The fourth-order valence-corrected chi connectivity index (χ4v) is 6.69. The number of nitriles is 1.